The highest BCUT2D eigenvalue weighted by molar-refractivity contribution is 5.17. The summed E-state index contributed by atoms with van der Waals surface area (Å²) in [5.74, 6) is 5.16. The van der Waals surface area contributed by atoms with E-state index in [2.05, 4.69) is 31.2 Å². The Morgan fingerprint density at radius 3 is 2.69 bits per heavy atom. The van der Waals surface area contributed by atoms with Crippen molar-refractivity contribution in [3.8, 4) is 0 Å². The summed E-state index contributed by atoms with van der Waals surface area (Å²) in [4.78, 5) is 3.73. The summed E-state index contributed by atoms with van der Waals surface area (Å²) in [6.07, 6.45) is 4.58. The minimum atomic E-state index is -0.306. The zero-order chi connectivity index (χ0) is 12.2. The first kappa shape index (κ1) is 13.1. The van der Waals surface area contributed by atoms with Gasteiger partial charge >= 0.3 is 0 Å². The quantitative estimate of drug-likeness (QED) is 0.611. The van der Waals surface area contributed by atoms with E-state index in [0.717, 1.165) is 12.8 Å². The third-order valence-corrected chi connectivity index (χ3v) is 2.56. The van der Waals surface area contributed by atoms with E-state index in [-0.39, 0.29) is 17.3 Å². The van der Waals surface area contributed by atoms with Crippen LogP contribution in [-0.2, 0) is 0 Å². The normalized spacial score (nSPS) is 13.8. The number of nitrogens with one attached hydrogen (secondary N) is 1. The molecule has 1 heterocycles. The summed E-state index contributed by atoms with van der Waals surface area (Å²) in [5, 5.41) is 0. The lowest BCUT2D eigenvalue weighted by atomic mass is 9.87. The van der Waals surface area contributed by atoms with Crippen molar-refractivity contribution in [3.05, 3.63) is 29.8 Å². The standard InChI is InChI=1S/C12H20FN3/c1-12(2,3)6-4-11(16-14)9-5-7-15-8-10(9)13/h5,7-8,11,16H,4,6,14H2,1-3H3. The van der Waals surface area contributed by atoms with Gasteiger partial charge in [0, 0.05) is 17.8 Å². The molecule has 0 aliphatic rings. The highest BCUT2D eigenvalue weighted by Gasteiger charge is 2.18. The van der Waals surface area contributed by atoms with Crippen LogP contribution in [0.3, 0.4) is 0 Å². The highest BCUT2D eigenvalue weighted by Crippen LogP contribution is 2.27. The van der Waals surface area contributed by atoms with Gasteiger partial charge in [-0.1, -0.05) is 20.8 Å². The number of aromatic nitrogens is 1. The summed E-state index contributed by atoms with van der Waals surface area (Å²) in [6.45, 7) is 6.47. The first-order valence-electron chi connectivity index (χ1n) is 5.49. The largest absolute Gasteiger partial charge is 0.271 e. The Bertz CT molecular complexity index is 333. The van der Waals surface area contributed by atoms with Crippen molar-refractivity contribution in [1.29, 1.82) is 0 Å². The van der Waals surface area contributed by atoms with E-state index in [1.807, 2.05) is 0 Å². The van der Waals surface area contributed by atoms with Gasteiger partial charge in [0.25, 0.3) is 0 Å². The number of hydrogen-bond acceptors (Lipinski definition) is 3. The van der Waals surface area contributed by atoms with Crippen molar-refractivity contribution >= 4 is 0 Å². The third kappa shape index (κ3) is 3.87. The molecular weight excluding hydrogens is 205 g/mol. The molecule has 0 aliphatic carbocycles. The Kier molecular flexibility index (Phi) is 4.38. The van der Waals surface area contributed by atoms with Crippen molar-refractivity contribution in [2.45, 2.75) is 39.7 Å². The van der Waals surface area contributed by atoms with Gasteiger partial charge in [0.05, 0.1) is 6.20 Å². The number of halogens is 1. The second-order valence-corrected chi connectivity index (χ2v) is 5.22. The van der Waals surface area contributed by atoms with Crippen molar-refractivity contribution < 1.29 is 4.39 Å². The maximum absolute atomic E-state index is 13.5. The van der Waals surface area contributed by atoms with E-state index < -0.39 is 0 Å². The van der Waals surface area contributed by atoms with Crippen LogP contribution in [0.5, 0.6) is 0 Å². The molecule has 1 unspecified atom stereocenters. The van der Waals surface area contributed by atoms with Crippen molar-refractivity contribution in [2.24, 2.45) is 11.3 Å². The van der Waals surface area contributed by atoms with Crippen LogP contribution in [0.1, 0.15) is 45.2 Å². The van der Waals surface area contributed by atoms with Crippen molar-refractivity contribution in [2.75, 3.05) is 0 Å². The predicted molar refractivity (Wildman–Crippen MR) is 62.9 cm³/mol. The SMILES string of the molecule is CC(C)(C)CCC(NN)c1ccncc1F. The molecule has 90 valence electrons. The molecule has 1 rings (SSSR count). The molecule has 16 heavy (non-hydrogen) atoms. The van der Waals surface area contributed by atoms with Crippen LogP contribution in [0.15, 0.2) is 18.5 Å². The van der Waals surface area contributed by atoms with Gasteiger partial charge in [-0.2, -0.15) is 0 Å². The lowest BCUT2D eigenvalue weighted by Crippen LogP contribution is -2.29. The summed E-state index contributed by atoms with van der Waals surface area (Å²) >= 11 is 0. The van der Waals surface area contributed by atoms with Crippen molar-refractivity contribution in [3.63, 3.8) is 0 Å². The fraction of sp³-hybridized carbons (Fsp3) is 0.583. The number of rotatable bonds is 4. The summed E-state index contributed by atoms with van der Waals surface area (Å²) < 4.78 is 13.5. The fourth-order valence-corrected chi connectivity index (χ4v) is 1.57. The molecule has 0 bridgehead atoms. The molecule has 1 aromatic rings. The van der Waals surface area contributed by atoms with Gasteiger partial charge in [-0.05, 0) is 24.3 Å². The lowest BCUT2D eigenvalue weighted by molar-refractivity contribution is 0.330. The third-order valence-electron chi connectivity index (χ3n) is 2.56. The number of hydrazine groups is 1. The van der Waals surface area contributed by atoms with Crippen LogP contribution in [-0.4, -0.2) is 4.98 Å². The first-order chi connectivity index (χ1) is 7.44. The minimum absolute atomic E-state index is 0.151. The zero-order valence-corrected chi connectivity index (χ0v) is 10.1. The zero-order valence-electron chi connectivity index (χ0n) is 10.1. The number of pyridine rings is 1. The van der Waals surface area contributed by atoms with Crippen molar-refractivity contribution in [1.82, 2.24) is 10.4 Å². The molecule has 0 amide bonds. The number of nitrogens with two attached hydrogens (primary N) is 1. The van der Waals surface area contributed by atoms with Gasteiger partial charge in [-0.25, -0.2) is 4.39 Å². The Balaban J connectivity index is 2.72. The first-order valence-corrected chi connectivity index (χ1v) is 5.49. The Morgan fingerprint density at radius 2 is 2.19 bits per heavy atom. The molecule has 0 aliphatic heterocycles. The van der Waals surface area contributed by atoms with E-state index in [0.29, 0.717) is 5.56 Å². The maximum Gasteiger partial charge on any atom is 0.146 e. The van der Waals surface area contributed by atoms with E-state index >= 15 is 0 Å². The molecule has 0 saturated heterocycles. The highest BCUT2D eigenvalue weighted by atomic mass is 19.1. The van der Waals surface area contributed by atoms with Gasteiger partial charge in [0.15, 0.2) is 0 Å². The molecule has 4 heteroatoms. The van der Waals surface area contributed by atoms with Gasteiger partial charge in [0.2, 0.25) is 0 Å². The van der Waals surface area contributed by atoms with Crippen LogP contribution in [0.4, 0.5) is 4.39 Å². The number of nitrogens with zero attached hydrogens (tertiary/aromatic N) is 1. The molecule has 0 saturated carbocycles. The van der Waals surface area contributed by atoms with E-state index in [9.17, 15) is 4.39 Å². The average Bonchev–Trinajstić information content (AvgIpc) is 2.20. The van der Waals surface area contributed by atoms with Crippen LogP contribution in [0.2, 0.25) is 0 Å². The molecule has 3 nitrogen and oxygen atoms in total. The van der Waals surface area contributed by atoms with Crippen LogP contribution < -0.4 is 11.3 Å². The Hall–Kier alpha value is -1.00. The minimum Gasteiger partial charge on any atom is -0.271 e. The fourth-order valence-electron chi connectivity index (χ4n) is 1.57. The molecule has 3 N–H and O–H groups in total. The molecule has 0 fully saturated rings. The average molecular weight is 225 g/mol. The molecule has 0 spiro atoms. The van der Waals surface area contributed by atoms with E-state index in [1.165, 1.54) is 6.20 Å². The van der Waals surface area contributed by atoms with E-state index in [4.69, 9.17) is 5.84 Å². The Labute approximate surface area is 96.2 Å². The van der Waals surface area contributed by atoms with Crippen LogP contribution >= 0.6 is 0 Å². The lowest BCUT2D eigenvalue weighted by Gasteiger charge is -2.23. The summed E-state index contributed by atoms with van der Waals surface area (Å²) in [6, 6.07) is 1.52. The predicted octanol–water partition coefficient (Wildman–Crippen LogP) is 2.55. The molecule has 1 aromatic heterocycles. The van der Waals surface area contributed by atoms with E-state index in [1.54, 1.807) is 12.3 Å². The number of hydrogen-bond donors (Lipinski definition) is 2. The van der Waals surface area contributed by atoms with Crippen LogP contribution in [0, 0.1) is 11.2 Å². The Morgan fingerprint density at radius 1 is 1.50 bits per heavy atom. The molecule has 0 aromatic carbocycles. The second-order valence-electron chi connectivity index (χ2n) is 5.22. The summed E-state index contributed by atoms with van der Waals surface area (Å²) in [5.41, 5.74) is 3.47. The monoisotopic (exact) mass is 225 g/mol. The molecular formula is C12H20FN3. The van der Waals surface area contributed by atoms with Crippen LogP contribution in [0.25, 0.3) is 0 Å². The van der Waals surface area contributed by atoms with Gasteiger partial charge < -0.3 is 0 Å². The maximum atomic E-state index is 13.5. The molecule has 0 radical (unpaired) electrons. The van der Waals surface area contributed by atoms with Gasteiger partial charge in [0.1, 0.15) is 5.82 Å². The molecule has 1 atom stereocenters. The smallest absolute Gasteiger partial charge is 0.146 e. The summed E-state index contributed by atoms with van der Waals surface area (Å²) in [7, 11) is 0. The van der Waals surface area contributed by atoms with Gasteiger partial charge in [-0.15, -0.1) is 0 Å². The topological polar surface area (TPSA) is 50.9 Å². The second kappa shape index (κ2) is 5.37. The van der Waals surface area contributed by atoms with Gasteiger partial charge in [-0.3, -0.25) is 16.3 Å².